The Hall–Kier alpha value is -2.89. The molecule has 1 amide bonds. The molecule has 0 atom stereocenters. The highest BCUT2D eigenvalue weighted by molar-refractivity contribution is 6.09. The summed E-state index contributed by atoms with van der Waals surface area (Å²) in [5, 5.41) is 14.6. The van der Waals surface area contributed by atoms with Gasteiger partial charge in [0.25, 0.3) is 5.91 Å². The van der Waals surface area contributed by atoms with E-state index in [1.54, 1.807) is 24.3 Å². The van der Waals surface area contributed by atoms with Gasteiger partial charge < -0.3 is 24.8 Å². The van der Waals surface area contributed by atoms with Crippen LogP contribution in [0.1, 0.15) is 30.1 Å². The molecule has 146 valence electrons. The van der Waals surface area contributed by atoms with Crippen molar-refractivity contribution in [3.05, 3.63) is 41.6 Å². The Kier molecular flexibility index (Phi) is 10.2. The lowest BCUT2D eigenvalue weighted by Crippen LogP contribution is -2.27. The average Bonchev–Trinajstić information content (AvgIpc) is 2.68. The van der Waals surface area contributed by atoms with Crippen LogP contribution >= 0.6 is 0 Å². The third kappa shape index (κ3) is 7.48. The number of para-hydroxylation sites is 1. The van der Waals surface area contributed by atoms with Crippen LogP contribution < -0.4 is 10.6 Å². The molecule has 0 radical (unpaired) electrons. The number of nitrogens with one attached hydrogen (secondary N) is 2. The van der Waals surface area contributed by atoms with E-state index in [1.807, 2.05) is 13.0 Å². The molecule has 0 aliphatic carbocycles. The Balaban J connectivity index is 2.80. The Morgan fingerprint density at radius 3 is 2.59 bits per heavy atom. The van der Waals surface area contributed by atoms with Crippen LogP contribution in [0.3, 0.4) is 0 Å². The summed E-state index contributed by atoms with van der Waals surface area (Å²) < 4.78 is 15.2. The minimum atomic E-state index is -0.648. The summed E-state index contributed by atoms with van der Waals surface area (Å²) in [6.45, 7) is 2.56. The van der Waals surface area contributed by atoms with E-state index in [9.17, 15) is 14.9 Å². The van der Waals surface area contributed by atoms with Gasteiger partial charge in [-0.2, -0.15) is 5.26 Å². The van der Waals surface area contributed by atoms with E-state index in [0.717, 1.165) is 12.8 Å². The molecule has 0 saturated carbocycles. The second-order valence-electron chi connectivity index (χ2n) is 5.47. The maximum absolute atomic E-state index is 12.3. The highest BCUT2D eigenvalue weighted by Crippen LogP contribution is 2.17. The van der Waals surface area contributed by atoms with Gasteiger partial charge in [-0.15, -0.1) is 0 Å². The largest absolute Gasteiger partial charge is 0.462 e. The van der Waals surface area contributed by atoms with Gasteiger partial charge in [-0.25, -0.2) is 4.79 Å². The third-order valence-electron chi connectivity index (χ3n) is 3.55. The molecule has 0 fully saturated rings. The third-order valence-corrected chi connectivity index (χ3v) is 3.55. The highest BCUT2D eigenvalue weighted by atomic mass is 16.7. The van der Waals surface area contributed by atoms with Crippen LogP contribution in [0.5, 0.6) is 0 Å². The quantitative estimate of drug-likeness (QED) is 0.201. The number of hydrogen-bond acceptors (Lipinski definition) is 7. The fourth-order valence-corrected chi connectivity index (χ4v) is 2.02. The van der Waals surface area contributed by atoms with Gasteiger partial charge in [0.15, 0.2) is 6.29 Å². The van der Waals surface area contributed by atoms with Gasteiger partial charge in [0, 0.05) is 20.4 Å². The first-order valence-electron chi connectivity index (χ1n) is 8.54. The predicted molar refractivity (Wildman–Crippen MR) is 99.8 cm³/mol. The Morgan fingerprint density at radius 1 is 1.26 bits per heavy atom. The van der Waals surface area contributed by atoms with Gasteiger partial charge in [0.1, 0.15) is 11.6 Å². The molecule has 0 aromatic heterocycles. The Bertz CT molecular complexity index is 693. The van der Waals surface area contributed by atoms with E-state index in [2.05, 4.69) is 10.6 Å². The van der Waals surface area contributed by atoms with Crippen molar-refractivity contribution in [2.24, 2.45) is 0 Å². The number of nitriles is 1. The number of esters is 1. The number of hydrogen-bond donors (Lipinski definition) is 2. The van der Waals surface area contributed by atoms with Crippen molar-refractivity contribution in [1.82, 2.24) is 5.32 Å². The lowest BCUT2D eigenvalue weighted by Gasteiger charge is -2.13. The first-order valence-corrected chi connectivity index (χ1v) is 8.54. The van der Waals surface area contributed by atoms with Gasteiger partial charge in [0.05, 0.1) is 24.4 Å². The van der Waals surface area contributed by atoms with Crippen LogP contribution in [-0.2, 0) is 19.0 Å². The molecular weight excluding hydrogens is 350 g/mol. The molecule has 0 saturated heterocycles. The van der Waals surface area contributed by atoms with Crippen molar-refractivity contribution in [2.75, 3.05) is 32.7 Å². The maximum atomic E-state index is 12.3. The second-order valence-corrected chi connectivity index (χ2v) is 5.47. The number of carbonyl (C=O) groups excluding carboxylic acids is 2. The van der Waals surface area contributed by atoms with E-state index in [4.69, 9.17) is 14.2 Å². The van der Waals surface area contributed by atoms with Crippen molar-refractivity contribution in [1.29, 1.82) is 5.26 Å². The molecule has 0 heterocycles. The molecule has 0 aliphatic heterocycles. The molecule has 27 heavy (non-hydrogen) atoms. The minimum Gasteiger partial charge on any atom is -0.462 e. The molecule has 1 aromatic carbocycles. The first-order chi connectivity index (χ1) is 13.1. The Labute approximate surface area is 159 Å². The zero-order chi connectivity index (χ0) is 20.1. The fourth-order valence-electron chi connectivity index (χ4n) is 2.02. The van der Waals surface area contributed by atoms with Gasteiger partial charge >= 0.3 is 5.97 Å². The number of unbranched alkanes of at least 4 members (excludes halogenated alkanes) is 1. The fraction of sp³-hybridized carbons (Fsp3) is 0.421. The van der Waals surface area contributed by atoms with E-state index in [1.165, 1.54) is 20.4 Å². The summed E-state index contributed by atoms with van der Waals surface area (Å²) in [4.78, 5) is 24.5. The van der Waals surface area contributed by atoms with E-state index in [-0.39, 0.29) is 23.4 Å². The van der Waals surface area contributed by atoms with Crippen molar-refractivity contribution in [3.8, 4) is 6.07 Å². The molecule has 2 N–H and O–H groups in total. The number of amides is 1. The summed E-state index contributed by atoms with van der Waals surface area (Å²) in [5.74, 6) is -1.17. The van der Waals surface area contributed by atoms with Gasteiger partial charge in [-0.1, -0.05) is 25.5 Å². The van der Waals surface area contributed by atoms with E-state index >= 15 is 0 Å². The SMILES string of the molecule is CCCCOC(=O)c1ccccc1NC(=O)/C(C#N)=C\NCC(OC)OC. The van der Waals surface area contributed by atoms with E-state index in [0.29, 0.717) is 6.61 Å². The number of ether oxygens (including phenoxy) is 3. The molecule has 8 nitrogen and oxygen atoms in total. The van der Waals surface area contributed by atoms with Gasteiger partial charge in [0.2, 0.25) is 0 Å². The number of anilines is 1. The summed E-state index contributed by atoms with van der Waals surface area (Å²) in [5.41, 5.74) is 0.345. The van der Waals surface area contributed by atoms with Crippen molar-refractivity contribution < 1.29 is 23.8 Å². The summed E-state index contributed by atoms with van der Waals surface area (Å²) in [6.07, 6.45) is 2.42. The smallest absolute Gasteiger partial charge is 0.340 e. The number of benzene rings is 1. The number of nitrogens with zero attached hydrogens (tertiary/aromatic N) is 1. The highest BCUT2D eigenvalue weighted by Gasteiger charge is 2.16. The van der Waals surface area contributed by atoms with Crippen molar-refractivity contribution in [3.63, 3.8) is 0 Å². The second kappa shape index (κ2) is 12.5. The summed E-state index contributed by atoms with van der Waals surface area (Å²) in [7, 11) is 2.96. The maximum Gasteiger partial charge on any atom is 0.340 e. The summed E-state index contributed by atoms with van der Waals surface area (Å²) >= 11 is 0. The summed E-state index contributed by atoms with van der Waals surface area (Å²) in [6, 6.07) is 8.28. The van der Waals surface area contributed by atoms with Crippen LogP contribution in [-0.4, -0.2) is 45.5 Å². The molecule has 0 spiro atoms. The van der Waals surface area contributed by atoms with Crippen LogP contribution in [0, 0.1) is 11.3 Å². The number of carbonyl (C=O) groups is 2. The monoisotopic (exact) mass is 375 g/mol. The van der Waals surface area contributed by atoms with E-state index < -0.39 is 18.2 Å². The molecular formula is C19H25N3O5. The van der Waals surface area contributed by atoms with Crippen LogP contribution in [0.25, 0.3) is 0 Å². The lowest BCUT2D eigenvalue weighted by molar-refractivity contribution is -0.112. The molecule has 1 aromatic rings. The normalized spacial score (nSPS) is 11.0. The van der Waals surface area contributed by atoms with Crippen LogP contribution in [0.15, 0.2) is 36.0 Å². The van der Waals surface area contributed by atoms with Gasteiger partial charge in [-0.05, 0) is 18.6 Å². The minimum absolute atomic E-state index is 0.157. The van der Waals surface area contributed by atoms with Crippen molar-refractivity contribution >= 4 is 17.6 Å². The predicted octanol–water partition coefficient (Wildman–Crippen LogP) is 2.20. The lowest BCUT2D eigenvalue weighted by atomic mass is 10.1. The topological polar surface area (TPSA) is 110 Å². The standard InChI is InChI=1S/C19H25N3O5/c1-4-5-10-27-19(24)15-8-6-7-9-16(15)22-18(23)14(11-20)12-21-13-17(25-2)26-3/h6-9,12,17,21H,4-5,10,13H2,1-3H3,(H,22,23)/b14-12-. The van der Waals surface area contributed by atoms with Gasteiger partial charge in [-0.3, -0.25) is 4.79 Å². The Morgan fingerprint density at radius 2 is 1.96 bits per heavy atom. The van der Waals surface area contributed by atoms with Crippen LogP contribution in [0.4, 0.5) is 5.69 Å². The molecule has 0 bridgehead atoms. The number of rotatable bonds is 11. The molecule has 0 aliphatic rings. The average molecular weight is 375 g/mol. The molecule has 1 rings (SSSR count). The van der Waals surface area contributed by atoms with Crippen molar-refractivity contribution in [2.45, 2.75) is 26.1 Å². The zero-order valence-corrected chi connectivity index (χ0v) is 15.8. The molecule has 8 heteroatoms. The number of methoxy groups -OCH3 is 2. The molecule has 0 unspecified atom stereocenters. The first kappa shape index (κ1) is 22.2. The zero-order valence-electron chi connectivity index (χ0n) is 15.8. The van der Waals surface area contributed by atoms with Crippen LogP contribution in [0.2, 0.25) is 0 Å².